The maximum Gasteiger partial charge on any atom is 0.269 e. The maximum atomic E-state index is 12.3. The minimum atomic E-state index is -0.0828. The second-order valence-corrected chi connectivity index (χ2v) is 6.07. The van der Waals surface area contributed by atoms with Gasteiger partial charge in [-0.3, -0.25) is 9.78 Å². The third-order valence-corrected chi connectivity index (χ3v) is 4.60. The number of aromatic amines is 1. The maximum absolute atomic E-state index is 12.3. The zero-order valence-electron chi connectivity index (χ0n) is 12.1. The van der Waals surface area contributed by atoms with Crippen LogP contribution in [0.3, 0.4) is 0 Å². The second-order valence-electron chi connectivity index (χ2n) is 5.19. The minimum Gasteiger partial charge on any atom is -0.304 e. The molecule has 4 nitrogen and oxygen atoms in total. The summed E-state index contributed by atoms with van der Waals surface area (Å²) in [6.45, 7) is 4.36. The van der Waals surface area contributed by atoms with Crippen molar-refractivity contribution >= 4 is 21.6 Å². The highest BCUT2D eigenvalue weighted by Gasteiger charge is 2.16. The Kier molecular flexibility index (Phi) is 3.84. The van der Waals surface area contributed by atoms with E-state index in [0.717, 1.165) is 18.4 Å². The van der Waals surface area contributed by atoms with Gasteiger partial charge < -0.3 is 4.98 Å². The lowest BCUT2D eigenvalue weighted by molar-refractivity contribution is 0.669. The average molecular weight is 299 g/mol. The Hall–Kier alpha value is -2.01. The van der Waals surface area contributed by atoms with Crippen LogP contribution in [0, 0.1) is 0 Å². The zero-order valence-corrected chi connectivity index (χ0v) is 12.9. The molecule has 5 heteroatoms. The largest absolute Gasteiger partial charge is 0.304 e. The Morgan fingerprint density at radius 2 is 2.24 bits per heavy atom. The summed E-state index contributed by atoms with van der Waals surface area (Å²) < 4.78 is 0.702. The van der Waals surface area contributed by atoms with Gasteiger partial charge in [0.15, 0.2) is 5.82 Å². The monoisotopic (exact) mass is 299 g/mol. The third-order valence-electron chi connectivity index (χ3n) is 3.61. The van der Waals surface area contributed by atoms with E-state index in [0.29, 0.717) is 22.1 Å². The molecule has 0 saturated carbocycles. The molecule has 0 aliphatic carbocycles. The first-order chi connectivity index (χ1) is 10.2. The molecular weight excluding hydrogens is 282 g/mol. The predicted octanol–water partition coefficient (Wildman–Crippen LogP) is 3.95. The summed E-state index contributed by atoms with van der Waals surface area (Å²) in [5.41, 5.74) is 2.60. The Bertz CT molecular complexity index is 807. The molecule has 0 spiro atoms. The molecule has 3 rings (SSSR count). The quantitative estimate of drug-likeness (QED) is 0.793. The number of pyridine rings is 1. The first kappa shape index (κ1) is 13.9. The number of rotatable bonds is 4. The van der Waals surface area contributed by atoms with Gasteiger partial charge in [-0.25, -0.2) is 4.98 Å². The Balaban J connectivity index is 2.18. The highest BCUT2D eigenvalue weighted by Crippen LogP contribution is 2.31. The Labute approximate surface area is 126 Å². The van der Waals surface area contributed by atoms with Gasteiger partial charge in [0.2, 0.25) is 0 Å². The lowest BCUT2D eigenvalue weighted by Gasteiger charge is -2.08. The molecule has 3 heterocycles. The number of hydrogen-bond acceptors (Lipinski definition) is 4. The smallest absolute Gasteiger partial charge is 0.269 e. The molecule has 3 aromatic heterocycles. The lowest BCUT2D eigenvalue weighted by Crippen LogP contribution is -2.09. The van der Waals surface area contributed by atoms with E-state index in [1.54, 1.807) is 6.20 Å². The molecule has 1 N–H and O–H groups in total. The van der Waals surface area contributed by atoms with Gasteiger partial charge in [-0.2, -0.15) is 0 Å². The van der Waals surface area contributed by atoms with Gasteiger partial charge in [0.25, 0.3) is 5.56 Å². The molecule has 0 aliphatic heterocycles. The molecule has 0 aliphatic rings. The van der Waals surface area contributed by atoms with Crippen LogP contribution in [0.1, 0.15) is 38.2 Å². The van der Waals surface area contributed by atoms with E-state index in [9.17, 15) is 4.79 Å². The van der Waals surface area contributed by atoms with E-state index >= 15 is 0 Å². The highest BCUT2D eigenvalue weighted by molar-refractivity contribution is 7.17. The first-order valence-corrected chi connectivity index (χ1v) is 8.01. The van der Waals surface area contributed by atoms with Crippen molar-refractivity contribution in [2.24, 2.45) is 0 Å². The predicted molar refractivity (Wildman–Crippen MR) is 86.8 cm³/mol. The van der Waals surface area contributed by atoms with Crippen molar-refractivity contribution in [1.29, 1.82) is 0 Å². The summed E-state index contributed by atoms with van der Waals surface area (Å²) in [6, 6.07) is 5.59. The molecule has 1 atom stereocenters. The van der Waals surface area contributed by atoms with E-state index in [-0.39, 0.29) is 5.56 Å². The van der Waals surface area contributed by atoms with Gasteiger partial charge >= 0.3 is 0 Å². The molecule has 0 radical (unpaired) electrons. The molecule has 0 amide bonds. The highest BCUT2D eigenvalue weighted by atomic mass is 32.1. The van der Waals surface area contributed by atoms with Crippen molar-refractivity contribution in [2.75, 3.05) is 0 Å². The third kappa shape index (κ3) is 2.61. The molecule has 0 bridgehead atoms. The lowest BCUT2D eigenvalue weighted by atomic mass is 9.98. The summed E-state index contributed by atoms with van der Waals surface area (Å²) in [5, 5.41) is 2.06. The van der Waals surface area contributed by atoms with Crippen LogP contribution in [0.5, 0.6) is 0 Å². The van der Waals surface area contributed by atoms with Crippen molar-refractivity contribution < 1.29 is 0 Å². The molecule has 21 heavy (non-hydrogen) atoms. The fourth-order valence-corrected chi connectivity index (χ4v) is 3.53. The summed E-state index contributed by atoms with van der Waals surface area (Å²) >= 11 is 1.47. The van der Waals surface area contributed by atoms with E-state index < -0.39 is 0 Å². The van der Waals surface area contributed by atoms with Crippen molar-refractivity contribution in [1.82, 2.24) is 15.0 Å². The summed E-state index contributed by atoms with van der Waals surface area (Å²) in [4.78, 5) is 24.0. The molecule has 0 saturated heterocycles. The van der Waals surface area contributed by atoms with Crippen LogP contribution in [-0.4, -0.2) is 15.0 Å². The van der Waals surface area contributed by atoms with Gasteiger partial charge in [0.05, 0.1) is 5.52 Å². The normalized spacial score (nSPS) is 12.7. The molecule has 0 fully saturated rings. The number of aromatic nitrogens is 3. The van der Waals surface area contributed by atoms with Crippen molar-refractivity contribution in [3.63, 3.8) is 0 Å². The number of H-pyrrole nitrogens is 1. The summed E-state index contributed by atoms with van der Waals surface area (Å²) in [7, 11) is 0. The number of hydrogen-bond donors (Lipinski definition) is 1. The molecule has 1 unspecified atom stereocenters. The van der Waals surface area contributed by atoms with E-state index in [2.05, 4.69) is 34.2 Å². The first-order valence-electron chi connectivity index (χ1n) is 7.13. The molecule has 108 valence electrons. The van der Waals surface area contributed by atoms with E-state index in [4.69, 9.17) is 0 Å². The standard InChI is InChI=1S/C16H17N3OS/c1-3-6-10(2)11-9-21-14-13(11)18-15(19-16(14)20)12-7-4-5-8-17-12/h4-5,7-10H,3,6H2,1-2H3,(H,18,19,20). The topological polar surface area (TPSA) is 58.6 Å². The van der Waals surface area contributed by atoms with Gasteiger partial charge in [0.1, 0.15) is 10.4 Å². The number of nitrogens with one attached hydrogen (secondary N) is 1. The molecular formula is C16H17N3OS. The summed E-state index contributed by atoms with van der Waals surface area (Å²) in [6.07, 6.45) is 3.92. The van der Waals surface area contributed by atoms with Crippen LogP contribution >= 0.6 is 11.3 Å². The van der Waals surface area contributed by atoms with Gasteiger partial charge in [-0.15, -0.1) is 11.3 Å². The number of fused-ring (bicyclic) bond motifs is 1. The minimum absolute atomic E-state index is 0.0828. The van der Waals surface area contributed by atoms with Crippen LogP contribution in [0.25, 0.3) is 21.7 Å². The average Bonchev–Trinajstić information content (AvgIpc) is 2.93. The van der Waals surface area contributed by atoms with Crippen LogP contribution in [0.2, 0.25) is 0 Å². The van der Waals surface area contributed by atoms with Crippen LogP contribution in [0.15, 0.2) is 34.6 Å². The molecule has 3 aromatic rings. The molecule has 0 aromatic carbocycles. The van der Waals surface area contributed by atoms with E-state index in [1.165, 1.54) is 16.9 Å². The van der Waals surface area contributed by atoms with Crippen molar-refractivity contribution in [3.05, 3.63) is 45.7 Å². The van der Waals surface area contributed by atoms with Gasteiger partial charge in [-0.05, 0) is 35.4 Å². The van der Waals surface area contributed by atoms with Crippen LogP contribution in [0.4, 0.5) is 0 Å². The number of nitrogens with zero attached hydrogens (tertiary/aromatic N) is 2. The van der Waals surface area contributed by atoms with Crippen molar-refractivity contribution in [3.8, 4) is 11.5 Å². The van der Waals surface area contributed by atoms with Gasteiger partial charge in [-0.1, -0.05) is 26.3 Å². The Morgan fingerprint density at radius 3 is 2.95 bits per heavy atom. The number of thiophene rings is 1. The van der Waals surface area contributed by atoms with Crippen LogP contribution in [-0.2, 0) is 0 Å². The van der Waals surface area contributed by atoms with Crippen LogP contribution < -0.4 is 5.56 Å². The fourth-order valence-electron chi connectivity index (χ4n) is 2.51. The fraction of sp³-hybridized carbons (Fsp3) is 0.312. The SMILES string of the molecule is CCCC(C)c1csc2c(=O)[nH]c(-c3ccccn3)nc12. The van der Waals surface area contributed by atoms with E-state index in [1.807, 2.05) is 18.2 Å². The van der Waals surface area contributed by atoms with Crippen molar-refractivity contribution in [2.45, 2.75) is 32.6 Å². The van der Waals surface area contributed by atoms with Gasteiger partial charge in [0, 0.05) is 6.20 Å². The zero-order chi connectivity index (χ0) is 14.8. The second kappa shape index (κ2) is 5.77. The summed E-state index contributed by atoms with van der Waals surface area (Å²) in [5.74, 6) is 0.950. The Morgan fingerprint density at radius 1 is 1.38 bits per heavy atom.